The van der Waals surface area contributed by atoms with Gasteiger partial charge in [-0.1, -0.05) is 5.16 Å². The molecule has 2 unspecified atom stereocenters. The van der Waals surface area contributed by atoms with Crippen LogP contribution < -0.4 is 5.32 Å². The van der Waals surface area contributed by atoms with Gasteiger partial charge in [-0.25, -0.2) is 0 Å². The van der Waals surface area contributed by atoms with Gasteiger partial charge in [0.05, 0.1) is 0 Å². The molecule has 3 rings (SSSR count). The van der Waals surface area contributed by atoms with E-state index >= 15 is 0 Å². The minimum absolute atomic E-state index is 0.429. The predicted octanol–water partition coefficient (Wildman–Crippen LogP) is 1.51. The largest absolute Gasteiger partial charge is 0.381 e. The van der Waals surface area contributed by atoms with Gasteiger partial charge >= 0.3 is 0 Å². The molecular formula is C13H21N3O2. The van der Waals surface area contributed by atoms with Crippen molar-refractivity contribution < 1.29 is 9.26 Å². The Morgan fingerprint density at radius 3 is 3.06 bits per heavy atom. The summed E-state index contributed by atoms with van der Waals surface area (Å²) in [5.74, 6) is 2.65. The molecule has 100 valence electrons. The Bertz CT molecular complexity index is 368. The molecular weight excluding hydrogens is 230 g/mol. The molecule has 2 saturated heterocycles. The number of piperidine rings is 1. The third kappa shape index (κ3) is 2.90. The Hall–Kier alpha value is -0.940. The molecule has 1 aromatic rings. The van der Waals surface area contributed by atoms with Crippen LogP contribution in [0.1, 0.15) is 43.3 Å². The van der Waals surface area contributed by atoms with Gasteiger partial charge in [0.25, 0.3) is 0 Å². The zero-order valence-corrected chi connectivity index (χ0v) is 10.7. The van der Waals surface area contributed by atoms with Crippen LogP contribution in [0.25, 0.3) is 0 Å². The highest BCUT2D eigenvalue weighted by Gasteiger charge is 2.22. The maximum absolute atomic E-state index is 5.48. The summed E-state index contributed by atoms with van der Waals surface area (Å²) in [4.78, 5) is 4.55. The number of nitrogens with zero attached hydrogens (tertiary/aromatic N) is 2. The maximum Gasteiger partial charge on any atom is 0.227 e. The quantitative estimate of drug-likeness (QED) is 0.882. The van der Waals surface area contributed by atoms with Crippen LogP contribution in [-0.4, -0.2) is 36.4 Å². The summed E-state index contributed by atoms with van der Waals surface area (Å²) in [5.41, 5.74) is 0. The first kappa shape index (κ1) is 12.1. The van der Waals surface area contributed by atoms with Crippen LogP contribution in [0.5, 0.6) is 0 Å². The number of aromatic nitrogens is 2. The Kier molecular flexibility index (Phi) is 3.90. The minimum atomic E-state index is 0.429. The second-order valence-electron chi connectivity index (χ2n) is 5.38. The first-order valence-corrected chi connectivity index (χ1v) is 7.03. The van der Waals surface area contributed by atoms with Gasteiger partial charge in [-0.2, -0.15) is 4.98 Å². The predicted molar refractivity (Wildman–Crippen MR) is 66.4 cm³/mol. The average molecular weight is 251 g/mol. The van der Waals surface area contributed by atoms with E-state index < -0.39 is 0 Å². The van der Waals surface area contributed by atoms with Gasteiger partial charge in [-0.15, -0.1) is 0 Å². The maximum atomic E-state index is 5.48. The molecule has 2 aliphatic rings. The monoisotopic (exact) mass is 251 g/mol. The third-order valence-corrected chi connectivity index (χ3v) is 3.86. The number of nitrogens with one attached hydrogen (secondary N) is 1. The topological polar surface area (TPSA) is 60.2 Å². The lowest BCUT2D eigenvalue weighted by atomic mass is 9.98. The first-order valence-electron chi connectivity index (χ1n) is 7.03. The molecule has 18 heavy (non-hydrogen) atoms. The molecule has 0 aromatic carbocycles. The summed E-state index contributed by atoms with van der Waals surface area (Å²) in [6, 6.07) is 0. The summed E-state index contributed by atoms with van der Waals surface area (Å²) in [6.45, 7) is 3.83. The van der Waals surface area contributed by atoms with Gasteiger partial charge in [-0.05, 0) is 38.1 Å². The summed E-state index contributed by atoms with van der Waals surface area (Å²) < 4.78 is 10.9. The van der Waals surface area contributed by atoms with Crippen molar-refractivity contribution in [3.63, 3.8) is 0 Å². The van der Waals surface area contributed by atoms with Crippen LogP contribution >= 0.6 is 0 Å². The van der Waals surface area contributed by atoms with Crippen LogP contribution in [0, 0.1) is 5.92 Å². The average Bonchev–Trinajstić information content (AvgIpc) is 2.89. The van der Waals surface area contributed by atoms with Crippen LogP contribution in [0.2, 0.25) is 0 Å². The Morgan fingerprint density at radius 2 is 2.28 bits per heavy atom. The van der Waals surface area contributed by atoms with E-state index in [9.17, 15) is 0 Å². The van der Waals surface area contributed by atoms with E-state index in [2.05, 4.69) is 15.5 Å². The summed E-state index contributed by atoms with van der Waals surface area (Å²) in [6.07, 6.45) is 5.59. The van der Waals surface area contributed by atoms with Gasteiger partial charge in [0.15, 0.2) is 5.82 Å². The summed E-state index contributed by atoms with van der Waals surface area (Å²) >= 11 is 0. The van der Waals surface area contributed by atoms with Crippen molar-refractivity contribution in [2.45, 2.75) is 38.0 Å². The number of ether oxygens (including phenoxy) is 1. The smallest absolute Gasteiger partial charge is 0.227 e. The zero-order valence-electron chi connectivity index (χ0n) is 10.7. The summed E-state index contributed by atoms with van der Waals surface area (Å²) in [5, 5.41) is 7.52. The lowest BCUT2D eigenvalue weighted by Gasteiger charge is -2.20. The van der Waals surface area contributed by atoms with Gasteiger partial charge in [0.1, 0.15) is 0 Å². The molecule has 0 amide bonds. The zero-order chi connectivity index (χ0) is 12.2. The SMILES string of the molecule is C1COCC(Cc2nc(C3CCCNC3)no2)C1. The van der Waals surface area contributed by atoms with E-state index in [1.165, 1.54) is 19.3 Å². The van der Waals surface area contributed by atoms with E-state index in [1.807, 2.05) is 0 Å². The third-order valence-electron chi connectivity index (χ3n) is 3.86. The second-order valence-corrected chi connectivity index (χ2v) is 5.38. The number of rotatable bonds is 3. The molecule has 2 fully saturated rings. The van der Waals surface area contributed by atoms with Crippen molar-refractivity contribution >= 4 is 0 Å². The highest BCUT2D eigenvalue weighted by atomic mass is 16.5. The molecule has 0 spiro atoms. The Balaban J connectivity index is 1.58. The molecule has 0 radical (unpaired) electrons. The highest BCUT2D eigenvalue weighted by Crippen LogP contribution is 2.22. The molecule has 3 heterocycles. The lowest BCUT2D eigenvalue weighted by molar-refractivity contribution is 0.0520. The normalized spacial score (nSPS) is 29.3. The van der Waals surface area contributed by atoms with E-state index in [4.69, 9.17) is 9.26 Å². The van der Waals surface area contributed by atoms with Crippen LogP contribution in [0.3, 0.4) is 0 Å². The fourth-order valence-electron chi connectivity index (χ4n) is 2.80. The van der Waals surface area contributed by atoms with Crippen molar-refractivity contribution in [2.24, 2.45) is 5.92 Å². The molecule has 0 bridgehead atoms. The highest BCUT2D eigenvalue weighted by molar-refractivity contribution is 4.98. The Labute approximate surface area is 107 Å². The van der Waals surface area contributed by atoms with Gasteiger partial charge in [0.2, 0.25) is 5.89 Å². The molecule has 0 saturated carbocycles. The van der Waals surface area contributed by atoms with Gasteiger partial charge in [0, 0.05) is 32.1 Å². The van der Waals surface area contributed by atoms with Crippen molar-refractivity contribution in [3.8, 4) is 0 Å². The lowest BCUT2D eigenvalue weighted by Crippen LogP contribution is -2.29. The van der Waals surface area contributed by atoms with E-state index in [0.29, 0.717) is 11.8 Å². The molecule has 5 nitrogen and oxygen atoms in total. The summed E-state index contributed by atoms with van der Waals surface area (Å²) in [7, 11) is 0. The minimum Gasteiger partial charge on any atom is -0.381 e. The molecule has 2 aliphatic heterocycles. The fourth-order valence-corrected chi connectivity index (χ4v) is 2.80. The van der Waals surface area contributed by atoms with E-state index in [1.54, 1.807) is 0 Å². The first-order chi connectivity index (χ1) is 8.92. The molecule has 5 heteroatoms. The number of hydrogen-bond acceptors (Lipinski definition) is 5. The van der Waals surface area contributed by atoms with Gasteiger partial charge < -0.3 is 14.6 Å². The van der Waals surface area contributed by atoms with Gasteiger partial charge in [-0.3, -0.25) is 0 Å². The molecule has 0 aliphatic carbocycles. The molecule has 2 atom stereocenters. The van der Waals surface area contributed by atoms with Crippen molar-refractivity contribution in [1.82, 2.24) is 15.5 Å². The molecule has 1 N–H and O–H groups in total. The second kappa shape index (κ2) is 5.80. The van der Waals surface area contributed by atoms with Crippen LogP contribution in [-0.2, 0) is 11.2 Å². The fraction of sp³-hybridized carbons (Fsp3) is 0.846. The standard InChI is InChI=1S/C13H21N3O2/c1-4-11(8-14-5-1)13-15-12(18-16-13)7-10-3-2-6-17-9-10/h10-11,14H,1-9H2. The van der Waals surface area contributed by atoms with Crippen LogP contribution in [0.4, 0.5) is 0 Å². The molecule has 1 aromatic heterocycles. The van der Waals surface area contributed by atoms with Crippen molar-refractivity contribution in [3.05, 3.63) is 11.7 Å². The number of hydrogen-bond donors (Lipinski definition) is 1. The van der Waals surface area contributed by atoms with E-state index in [-0.39, 0.29) is 0 Å². The Morgan fingerprint density at radius 1 is 1.28 bits per heavy atom. The van der Waals surface area contributed by atoms with E-state index in [0.717, 1.165) is 50.9 Å². The van der Waals surface area contributed by atoms with Crippen molar-refractivity contribution in [1.29, 1.82) is 0 Å². The van der Waals surface area contributed by atoms with Crippen molar-refractivity contribution in [2.75, 3.05) is 26.3 Å². The van der Waals surface area contributed by atoms with Crippen LogP contribution in [0.15, 0.2) is 4.52 Å².